The van der Waals surface area contributed by atoms with Crippen LogP contribution in [0, 0.1) is 16.5 Å². The average molecular weight is 138 g/mol. The first-order valence-corrected chi connectivity index (χ1v) is 3.07. The van der Waals surface area contributed by atoms with Crippen molar-refractivity contribution in [1.29, 1.82) is 0 Å². The van der Waals surface area contributed by atoms with Crippen molar-refractivity contribution in [1.82, 2.24) is 0 Å². The Bertz CT molecular complexity index is 216. The molecule has 0 atom stereocenters. The van der Waals surface area contributed by atoms with Crippen molar-refractivity contribution in [2.45, 2.75) is 13.3 Å². The molecule has 0 heterocycles. The summed E-state index contributed by atoms with van der Waals surface area (Å²) in [6.07, 6.45) is 5.98. The Morgan fingerprint density at radius 2 is 2.40 bits per heavy atom. The van der Waals surface area contributed by atoms with Crippen molar-refractivity contribution in [3.63, 3.8) is 0 Å². The topological polar surface area (TPSA) is 43.1 Å². The predicted octanol–water partition coefficient (Wildman–Crippen LogP) is 1.70. The Morgan fingerprint density at radius 1 is 1.70 bits per heavy atom. The second-order valence-corrected chi connectivity index (χ2v) is 2.17. The van der Waals surface area contributed by atoms with E-state index < -0.39 is 0 Å². The summed E-state index contributed by atoms with van der Waals surface area (Å²) in [5, 5.41) is 10.2. The third kappa shape index (κ3) is 1.23. The zero-order valence-corrected chi connectivity index (χ0v) is 5.70. The second-order valence-electron chi connectivity index (χ2n) is 2.17. The summed E-state index contributed by atoms with van der Waals surface area (Å²) in [4.78, 5) is 9.90. The molecular weight excluding hydrogens is 130 g/mol. The van der Waals surface area contributed by atoms with Gasteiger partial charge in [0, 0.05) is 5.57 Å². The molecule has 0 spiro atoms. The SMILES string of the molecule is CC1=C[CH]CC=C1[N+](=O)[O-]. The Kier molecular flexibility index (Phi) is 1.85. The number of nitro groups is 1. The van der Waals surface area contributed by atoms with Crippen molar-refractivity contribution in [3.8, 4) is 0 Å². The maximum Gasteiger partial charge on any atom is 0.268 e. The number of hydrogen-bond donors (Lipinski definition) is 0. The minimum Gasteiger partial charge on any atom is -0.258 e. The smallest absolute Gasteiger partial charge is 0.258 e. The van der Waals surface area contributed by atoms with Gasteiger partial charge in [0.25, 0.3) is 5.70 Å². The molecule has 1 rings (SSSR count). The van der Waals surface area contributed by atoms with Crippen LogP contribution < -0.4 is 0 Å². The fraction of sp³-hybridized carbons (Fsp3) is 0.286. The minimum atomic E-state index is -0.348. The van der Waals surface area contributed by atoms with E-state index in [1.807, 2.05) is 6.42 Å². The summed E-state index contributed by atoms with van der Waals surface area (Å²) in [5.41, 5.74) is 0.971. The molecule has 0 saturated carbocycles. The van der Waals surface area contributed by atoms with Crippen LogP contribution in [-0.4, -0.2) is 4.92 Å². The van der Waals surface area contributed by atoms with Gasteiger partial charge in [-0.2, -0.15) is 0 Å². The van der Waals surface area contributed by atoms with Gasteiger partial charge in [-0.1, -0.05) is 6.08 Å². The monoisotopic (exact) mass is 138 g/mol. The zero-order valence-electron chi connectivity index (χ0n) is 5.70. The lowest BCUT2D eigenvalue weighted by molar-refractivity contribution is -0.421. The molecule has 53 valence electrons. The molecule has 0 bridgehead atoms. The summed E-state index contributed by atoms with van der Waals surface area (Å²) in [6.45, 7) is 1.74. The van der Waals surface area contributed by atoms with Crippen molar-refractivity contribution < 1.29 is 4.92 Å². The van der Waals surface area contributed by atoms with Crippen molar-refractivity contribution in [2.75, 3.05) is 0 Å². The van der Waals surface area contributed by atoms with E-state index in [0.717, 1.165) is 5.57 Å². The van der Waals surface area contributed by atoms with Crippen LogP contribution in [0.3, 0.4) is 0 Å². The van der Waals surface area contributed by atoms with E-state index in [0.29, 0.717) is 6.42 Å². The minimum absolute atomic E-state index is 0.238. The van der Waals surface area contributed by atoms with Gasteiger partial charge in [-0.15, -0.1) is 0 Å². The van der Waals surface area contributed by atoms with E-state index >= 15 is 0 Å². The molecule has 3 nitrogen and oxygen atoms in total. The highest BCUT2D eigenvalue weighted by molar-refractivity contribution is 5.29. The Hall–Kier alpha value is -1.12. The highest BCUT2D eigenvalue weighted by atomic mass is 16.6. The van der Waals surface area contributed by atoms with Crippen LogP contribution >= 0.6 is 0 Å². The summed E-state index contributed by atoms with van der Waals surface area (Å²) < 4.78 is 0. The Morgan fingerprint density at radius 3 is 2.80 bits per heavy atom. The standard InChI is InChI=1S/C7H8NO2/c1-6-4-2-3-5-7(6)8(9)10/h2,4-5H,3H2,1H3. The summed E-state index contributed by atoms with van der Waals surface area (Å²) in [5.74, 6) is 0. The highest BCUT2D eigenvalue weighted by Gasteiger charge is 2.14. The van der Waals surface area contributed by atoms with Gasteiger partial charge in [-0.25, -0.2) is 0 Å². The molecule has 0 amide bonds. The van der Waals surface area contributed by atoms with Crippen LogP contribution in [0.15, 0.2) is 23.4 Å². The maximum atomic E-state index is 10.2. The van der Waals surface area contributed by atoms with E-state index in [2.05, 4.69) is 0 Å². The molecule has 0 aliphatic heterocycles. The van der Waals surface area contributed by atoms with Crippen LogP contribution in [-0.2, 0) is 0 Å². The Labute approximate surface area is 59.2 Å². The van der Waals surface area contributed by atoms with E-state index in [4.69, 9.17) is 0 Å². The zero-order chi connectivity index (χ0) is 7.56. The maximum absolute atomic E-state index is 10.2. The van der Waals surface area contributed by atoms with Gasteiger partial charge in [0.15, 0.2) is 0 Å². The van der Waals surface area contributed by atoms with Gasteiger partial charge in [-0.3, -0.25) is 10.1 Å². The van der Waals surface area contributed by atoms with Crippen LogP contribution in [0.1, 0.15) is 13.3 Å². The van der Waals surface area contributed by atoms with Crippen molar-refractivity contribution in [3.05, 3.63) is 40.0 Å². The third-order valence-corrected chi connectivity index (χ3v) is 1.42. The van der Waals surface area contributed by atoms with Gasteiger partial charge in [0.05, 0.1) is 4.92 Å². The molecule has 0 aromatic carbocycles. The molecule has 3 heteroatoms. The molecular formula is C7H8NO2. The molecule has 0 unspecified atom stereocenters. The van der Waals surface area contributed by atoms with Gasteiger partial charge >= 0.3 is 0 Å². The van der Waals surface area contributed by atoms with Crippen LogP contribution in [0.2, 0.25) is 0 Å². The molecule has 0 aromatic rings. The second kappa shape index (κ2) is 2.64. The number of rotatable bonds is 1. The molecule has 0 saturated heterocycles. The van der Waals surface area contributed by atoms with Gasteiger partial charge in [0.1, 0.15) is 0 Å². The summed E-state index contributed by atoms with van der Waals surface area (Å²) in [7, 11) is 0. The third-order valence-electron chi connectivity index (χ3n) is 1.42. The van der Waals surface area contributed by atoms with E-state index in [-0.39, 0.29) is 10.6 Å². The Balaban J connectivity index is 2.84. The molecule has 0 fully saturated rings. The molecule has 1 radical (unpaired) electrons. The fourth-order valence-corrected chi connectivity index (χ4v) is 0.889. The normalized spacial score (nSPS) is 17.7. The number of hydrogen-bond acceptors (Lipinski definition) is 2. The molecule has 0 aromatic heterocycles. The largest absolute Gasteiger partial charge is 0.268 e. The average Bonchev–Trinajstić information content (AvgIpc) is 1.88. The first-order chi connectivity index (χ1) is 4.72. The first-order valence-electron chi connectivity index (χ1n) is 3.07. The van der Waals surface area contributed by atoms with E-state index in [1.165, 1.54) is 0 Å². The summed E-state index contributed by atoms with van der Waals surface area (Å²) in [6, 6.07) is 0. The number of allylic oxidation sites excluding steroid dienone is 3. The predicted molar refractivity (Wildman–Crippen MR) is 37.8 cm³/mol. The lowest BCUT2D eigenvalue weighted by atomic mass is 10.1. The fourth-order valence-electron chi connectivity index (χ4n) is 0.889. The van der Waals surface area contributed by atoms with Gasteiger partial charge < -0.3 is 0 Å². The van der Waals surface area contributed by atoms with E-state index in [1.54, 1.807) is 19.1 Å². The van der Waals surface area contributed by atoms with E-state index in [9.17, 15) is 10.1 Å². The van der Waals surface area contributed by atoms with Gasteiger partial charge in [0.2, 0.25) is 0 Å². The van der Waals surface area contributed by atoms with Crippen LogP contribution in [0.4, 0.5) is 0 Å². The summed E-state index contributed by atoms with van der Waals surface area (Å²) >= 11 is 0. The molecule has 1 aliphatic carbocycles. The lowest BCUT2D eigenvalue weighted by Crippen LogP contribution is -2.02. The first kappa shape index (κ1) is 6.99. The van der Waals surface area contributed by atoms with Crippen molar-refractivity contribution in [2.24, 2.45) is 0 Å². The van der Waals surface area contributed by atoms with Crippen LogP contribution in [0.25, 0.3) is 0 Å². The highest BCUT2D eigenvalue weighted by Crippen LogP contribution is 2.16. The quantitative estimate of drug-likeness (QED) is 0.409. The molecule has 10 heavy (non-hydrogen) atoms. The van der Waals surface area contributed by atoms with Gasteiger partial charge in [-0.05, 0) is 25.8 Å². The lowest BCUT2D eigenvalue weighted by Gasteiger charge is -2.02. The van der Waals surface area contributed by atoms with Crippen LogP contribution in [0.5, 0.6) is 0 Å². The molecule has 0 N–H and O–H groups in total. The number of nitrogens with zero attached hydrogens (tertiary/aromatic N) is 1. The molecule has 1 aliphatic rings. The van der Waals surface area contributed by atoms with Crippen molar-refractivity contribution >= 4 is 0 Å².